The molecule has 2 heterocycles. The van der Waals surface area contributed by atoms with Gasteiger partial charge in [0, 0.05) is 17.2 Å². The van der Waals surface area contributed by atoms with Gasteiger partial charge in [-0.15, -0.1) is 0 Å². The molecule has 3 N–H and O–H groups in total. The van der Waals surface area contributed by atoms with Crippen molar-refractivity contribution in [2.45, 2.75) is 26.1 Å². The molecular weight excluding hydrogens is 402 g/mol. The molecule has 0 bridgehead atoms. The van der Waals surface area contributed by atoms with E-state index in [2.05, 4.69) is 20.3 Å². The Kier molecular flexibility index (Phi) is 5.30. The highest BCUT2D eigenvalue weighted by Crippen LogP contribution is 2.36. The topological polar surface area (TPSA) is 93.8 Å². The second-order valence-electron chi connectivity index (χ2n) is 7.29. The van der Waals surface area contributed by atoms with Gasteiger partial charge in [-0.25, -0.2) is 15.0 Å². The third-order valence-corrected chi connectivity index (χ3v) is 5.92. The molecule has 0 aliphatic rings. The van der Waals surface area contributed by atoms with Crippen molar-refractivity contribution in [2.24, 2.45) is 0 Å². The van der Waals surface area contributed by atoms with E-state index in [1.54, 1.807) is 33.2 Å². The van der Waals surface area contributed by atoms with Crippen molar-refractivity contribution >= 4 is 35.0 Å². The summed E-state index contributed by atoms with van der Waals surface area (Å²) >= 11 is 0. The van der Waals surface area contributed by atoms with Gasteiger partial charge >= 0.3 is 6.18 Å². The van der Waals surface area contributed by atoms with E-state index < -0.39 is 24.9 Å². The van der Waals surface area contributed by atoms with Crippen molar-refractivity contribution in [3.8, 4) is 0 Å². The molecule has 29 heavy (non-hydrogen) atoms. The van der Waals surface area contributed by atoms with Crippen molar-refractivity contribution in [3.05, 3.63) is 47.4 Å². The third kappa shape index (κ3) is 4.67. The van der Waals surface area contributed by atoms with Gasteiger partial charge in [0.05, 0.1) is 17.0 Å². The average Bonchev–Trinajstić information content (AvgIpc) is 2.59. The van der Waals surface area contributed by atoms with Crippen LogP contribution in [0.3, 0.4) is 0 Å². The number of pyridine rings is 1. The minimum atomic E-state index is -4.50. The van der Waals surface area contributed by atoms with Gasteiger partial charge in [-0.05, 0) is 57.0 Å². The van der Waals surface area contributed by atoms with Crippen LogP contribution in [0.2, 0.25) is 0 Å². The predicted octanol–water partition coefficient (Wildman–Crippen LogP) is 4.36. The molecule has 3 rings (SSSR count). The van der Waals surface area contributed by atoms with Crippen LogP contribution in [-0.2, 0) is 10.7 Å². The zero-order chi connectivity index (χ0) is 21.6. The number of hydrogen-bond donors (Lipinski definition) is 2. The second-order valence-corrected chi connectivity index (χ2v) is 10.5. The van der Waals surface area contributed by atoms with Gasteiger partial charge in [0.15, 0.2) is 5.65 Å². The number of halogens is 3. The molecule has 3 aromatic rings. The van der Waals surface area contributed by atoms with Crippen molar-refractivity contribution in [3.63, 3.8) is 0 Å². The molecule has 0 spiro atoms. The molecule has 0 aliphatic carbocycles. The maximum atomic E-state index is 13.1. The van der Waals surface area contributed by atoms with Gasteiger partial charge in [-0.3, -0.25) is 0 Å². The van der Waals surface area contributed by atoms with E-state index in [4.69, 9.17) is 5.73 Å². The molecule has 10 heteroatoms. The number of anilines is 2. The quantitative estimate of drug-likeness (QED) is 0.479. The van der Waals surface area contributed by atoms with Crippen LogP contribution in [0.25, 0.3) is 11.0 Å². The molecule has 0 saturated carbocycles. The minimum Gasteiger partial charge on any atom is -0.399 e. The fourth-order valence-electron chi connectivity index (χ4n) is 2.89. The van der Waals surface area contributed by atoms with E-state index in [0.717, 1.165) is 12.1 Å². The van der Waals surface area contributed by atoms with Crippen molar-refractivity contribution in [1.82, 2.24) is 15.0 Å². The summed E-state index contributed by atoms with van der Waals surface area (Å²) in [6.45, 7) is 6.66. The van der Waals surface area contributed by atoms with E-state index in [1.807, 2.05) is 0 Å². The Hall–Kier alpha value is -2.67. The summed E-state index contributed by atoms with van der Waals surface area (Å²) in [6.07, 6.45) is -2.97. The number of fused-ring (bicyclic) bond motifs is 1. The van der Waals surface area contributed by atoms with Gasteiger partial charge in [0.1, 0.15) is 18.8 Å². The smallest absolute Gasteiger partial charge is 0.399 e. The van der Waals surface area contributed by atoms with Gasteiger partial charge in [-0.1, -0.05) is 0 Å². The molecular formula is C19H21F3N5OP. The maximum Gasteiger partial charge on any atom is 0.416 e. The van der Waals surface area contributed by atoms with Crippen LogP contribution in [0.1, 0.15) is 29.9 Å². The fraction of sp³-hybridized carbons (Fsp3) is 0.316. The predicted molar refractivity (Wildman–Crippen MR) is 109 cm³/mol. The maximum absolute atomic E-state index is 13.1. The summed E-state index contributed by atoms with van der Waals surface area (Å²) < 4.78 is 51.8. The number of nitrogens with zero attached hydrogens (tertiary/aromatic N) is 3. The molecule has 0 aliphatic heterocycles. The van der Waals surface area contributed by atoms with Crippen LogP contribution in [0.4, 0.5) is 24.7 Å². The number of aryl methyl sites for hydroxylation is 1. The lowest BCUT2D eigenvalue weighted by Gasteiger charge is -2.19. The lowest BCUT2D eigenvalue weighted by atomic mass is 10.0. The normalized spacial score (nSPS) is 13.5. The van der Waals surface area contributed by atoms with Gasteiger partial charge < -0.3 is 15.6 Å². The van der Waals surface area contributed by atoms with Crippen LogP contribution in [-0.4, -0.2) is 28.3 Å². The Labute approximate surface area is 166 Å². The Morgan fingerprint density at radius 1 is 1.14 bits per heavy atom. The number of rotatable bonds is 4. The number of aromatic nitrogens is 3. The van der Waals surface area contributed by atoms with Gasteiger partial charge in [-0.2, -0.15) is 13.2 Å². The summed E-state index contributed by atoms with van der Waals surface area (Å²) in [7, 11) is -2.57. The first-order valence-corrected chi connectivity index (χ1v) is 11.4. The van der Waals surface area contributed by atoms with E-state index in [1.165, 1.54) is 12.3 Å². The van der Waals surface area contributed by atoms with Crippen LogP contribution in [0, 0.1) is 6.92 Å². The minimum absolute atomic E-state index is 0.0223. The Morgan fingerprint density at radius 2 is 1.83 bits per heavy atom. The summed E-state index contributed by atoms with van der Waals surface area (Å²) in [5.41, 5.74) is 5.66. The van der Waals surface area contributed by atoms with Gasteiger partial charge in [0.2, 0.25) is 0 Å². The summed E-state index contributed by atoms with van der Waals surface area (Å²) in [5.74, 6) is 0.853. The van der Waals surface area contributed by atoms with Crippen molar-refractivity contribution in [2.75, 3.05) is 24.4 Å². The molecule has 1 atom stereocenters. The van der Waals surface area contributed by atoms with Gasteiger partial charge in [0.25, 0.3) is 0 Å². The van der Waals surface area contributed by atoms with Crippen LogP contribution < -0.4 is 16.4 Å². The largest absolute Gasteiger partial charge is 0.416 e. The standard InChI is InChI=1S/C19H21F3N5OP/c1-10(12-5-13(19(20,21)22)7-14(23)6-12)25-18-16-8-15(29(3,4)28)9-24-17(16)26-11(2)27-18/h5-10H,23H2,1-4H3,(H,24,25,26,27)/t10-/m1/s1. The van der Waals surface area contributed by atoms with E-state index in [9.17, 15) is 17.7 Å². The number of nitrogens with one attached hydrogen (secondary N) is 1. The van der Waals surface area contributed by atoms with Crippen LogP contribution in [0.15, 0.2) is 30.5 Å². The summed E-state index contributed by atoms with van der Waals surface area (Å²) in [4.78, 5) is 12.9. The second kappa shape index (κ2) is 7.30. The number of benzene rings is 1. The van der Waals surface area contributed by atoms with Crippen LogP contribution in [0.5, 0.6) is 0 Å². The van der Waals surface area contributed by atoms with E-state index in [0.29, 0.717) is 33.5 Å². The number of nitrogens with two attached hydrogens (primary N) is 1. The highest BCUT2D eigenvalue weighted by Gasteiger charge is 2.31. The lowest BCUT2D eigenvalue weighted by molar-refractivity contribution is -0.137. The fourth-order valence-corrected chi connectivity index (χ4v) is 3.67. The van der Waals surface area contributed by atoms with Crippen molar-refractivity contribution < 1.29 is 17.7 Å². The molecule has 154 valence electrons. The molecule has 0 radical (unpaired) electrons. The molecule has 6 nitrogen and oxygen atoms in total. The summed E-state index contributed by atoms with van der Waals surface area (Å²) in [6, 6.07) is 4.62. The molecule has 0 saturated heterocycles. The SMILES string of the molecule is Cc1nc(N[C@H](C)c2cc(N)cc(C(F)(F)F)c2)c2cc(P(C)(C)=O)cnc2n1. The number of hydrogen-bond acceptors (Lipinski definition) is 6. The first-order valence-electron chi connectivity index (χ1n) is 8.79. The Balaban J connectivity index is 2.05. The average molecular weight is 423 g/mol. The highest BCUT2D eigenvalue weighted by atomic mass is 31.2. The molecule has 0 unspecified atom stereocenters. The van der Waals surface area contributed by atoms with E-state index in [-0.39, 0.29) is 5.69 Å². The zero-order valence-corrected chi connectivity index (χ0v) is 17.3. The highest BCUT2D eigenvalue weighted by molar-refractivity contribution is 7.70. The molecule has 0 fully saturated rings. The van der Waals surface area contributed by atoms with E-state index >= 15 is 0 Å². The monoisotopic (exact) mass is 423 g/mol. The zero-order valence-electron chi connectivity index (χ0n) is 16.4. The molecule has 2 aromatic heterocycles. The first kappa shape index (κ1) is 21.0. The Bertz CT molecular complexity index is 1130. The molecule has 1 aromatic carbocycles. The van der Waals surface area contributed by atoms with Crippen LogP contribution >= 0.6 is 7.14 Å². The third-order valence-electron chi connectivity index (χ3n) is 4.43. The lowest BCUT2D eigenvalue weighted by Crippen LogP contribution is -2.14. The first-order chi connectivity index (χ1) is 13.3. The number of alkyl halides is 3. The molecule has 0 amide bonds. The van der Waals surface area contributed by atoms with Crippen molar-refractivity contribution in [1.29, 1.82) is 0 Å². The summed E-state index contributed by atoms with van der Waals surface area (Å²) in [5, 5.41) is 4.23. The Morgan fingerprint density at radius 3 is 2.45 bits per heavy atom. The number of nitrogen functional groups attached to an aromatic ring is 1.